The Bertz CT molecular complexity index is 381. The van der Waals surface area contributed by atoms with Crippen LogP contribution in [0.1, 0.15) is 51.6 Å². The zero-order valence-corrected chi connectivity index (χ0v) is 12.5. The molecule has 1 aromatic rings. The normalized spacial score (nSPS) is 14.2. The number of halogens is 1. The summed E-state index contributed by atoms with van der Waals surface area (Å²) in [5.74, 6) is 1.02. The van der Waals surface area contributed by atoms with Gasteiger partial charge in [-0.25, -0.2) is 4.39 Å². The summed E-state index contributed by atoms with van der Waals surface area (Å²) in [6.45, 7) is 7.27. The Morgan fingerprint density at radius 1 is 1.32 bits per heavy atom. The zero-order valence-electron chi connectivity index (χ0n) is 12.5. The largest absolute Gasteiger partial charge is 0.496 e. The SMILES string of the molecule is CCCC(C)CC(NCC)c1c(F)cccc1OC. The highest BCUT2D eigenvalue weighted by molar-refractivity contribution is 5.37. The lowest BCUT2D eigenvalue weighted by Crippen LogP contribution is -2.24. The predicted molar refractivity (Wildman–Crippen MR) is 78.1 cm³/mol. The summed E-state index contributed by atoms with van der Waals surface area (Å²) >= 11 is 0. The smallest absolute Gasteiger partial charge is 0.131 e. The van der Waals surface area contributed by atoms with Gasteiger partial charge < -0.3 is 10.1 Å². The van der Waals surface area contributed by atoms with Gasteiger partial charge in [0.05, 0.1) is 7.11 Å². The molecule has 1 N–H and O–H groups in total. The molecule has 0 saturated heterocycles. The molecule has 0 aliphatic rings. The Balaban J connectivity index is 2.97. The Morgan fingerprint density at radius 2 is 2.05 bits per heavy atom. The van der Waals surface area contributed by atoms with Crippen molar-refractivity contribution < 1.29 is 9.13 Å². The third-order valence-electron chi connectivity index (χ3n) is 3.45. The van der Waals surface area contributed by atoms with Gasteiger partial charge >= 0.3 is 0 Å². The second-order valence-corrected chi connectivity index (χ2v) is 5.10. The molecule has 2 nitrogen and oxygen atoms in total. The first-order valence-corrected chi connectivity index (χ1v) is 7.19. The maximum atomic E-state index is 14.1. The average Bonchev–Trinajstić information content (AvgIpc) is 2.38. The van der Waals surface area contributed by atoms with E-state index in [2.05, 4.69) is 19.2 Å². The molecule has 0 radical (unpaired) electrons. The molecule has 1 rings (SSSR count). The third kappa shape index (κ3) is 4.50. The van der Waals surface area contributed by atoms with E-state index in [1.54, 1.807) is 13.2 Å². The van der Waals surface area contributed by atoms with Crippen LogP contribution >= 0.6 is 0 Å². The molecular weight excluding hydrogens is 241 g/mol. The van der Waals surface area contributed by atoms with Crippen molar-refractivity contribution in [2.45, 2.75) is 46.1 Å². The fraction of sp³-hybridized carbons (Fsp3) is 0.625. The second-order valence-electron chi connectivity index (χ2n) is 5.10. The van der Waals surface area contributed by atoms with Crippen LogP contribution in [0.25, 0.3) is 0 Å². The van der Waals surface area contributed by atoms with E-state index in [1.807, 2.05) is 13.0 Å². The van der Waals surface area contributed by atoms with E-state index < -0.39 is 0 Å². The van der Waals surface area contributed by atoms with Gasteiger partial charge in [0.15, 0.2) is 0 Å². The Hall–Kier alpha value is -1.09. The van der Waals surface area contributed by atoms with Crippen molar-refractivity contribution >= 4 is 0 Å². The van der Waals surface area contributed by atoms with E-state index in [4.69, 9.17) is 4.74 Å². The highest BCUT2D eigenvalue weighted by Gasteiger charge is 2.21. The first-order chi connectivity index (χ1) is 9.13. The zero-order chi connectivity index (χ0) is 14.3. The van der Waals surface area contributed by atoms with Crippen LogP contribution in [0.2, 0.25) is 0 Å². The molecule has 2 unspecified atom stereocenters. The number of hydrogen-bond acceptors (Lipinski definition) is 2. The Labute approximate surface area is 116 Å². The van der Waals surface area contributed by atoms with E-state index >= 15 is 0 Å². The average molecular weight is 267 g/mol. The molecule has 108 valence electrons. The van der Waals surface area contributed by atoms with Gasteiger partial charge in [-0.3, -0.25) is 0 Å². The standard InChI is InChI=1S/C16H26FNO/c1-5-8-12(3)11-14(18-6-2)16-13(17)9-7-10-15(16)19-4/h7,9-10,12,14,18H,5-6,8,11H2,1-4H3. The molecule has 0 saturated carbocycles. The maximum Gasteiger partial charge on any atom is 0.131 e. The van der Waals surface area contributed by atoms with E-state index in [1.165, 1.54) is 12.5 Å². The summed E-state index contributed by atoms with van der Waals surface area (Å²) in [6.07, 6.45) is 3.26. The summed E-state index contributed by atoms with van der Waals surface area (Å²) in [5.41, 5.74) is 0.662. The highest BCUT2D eigenvalue weighted by Crippen LogP contribution is 2.32. The van der Waals surface area contributed by atoms with Gasteiger partial charge in [-0.15, -0.1) is 0 Å². The fourth-order valence-electron chi connectivity index (χ4n) is 2.60. The molecule has 0 aliphatic carbocycles. The van der Waals surface area contributed by atoms with Gasteiger partial charge in [-0.2, -0.15) is 0 Å². The molecule has 0 fully saturated rings. The van der Waals surface area contributed by atoms with E-state index in [0.717, 1.165) is 19.4 Å². The summed E-state index contributed by atoms with van der Waals surface area (Å²) in [4.78, 5) is 0. The lowest BCUT2D eigenvalue weighted by molar-refractivity contribution is 0.358. The Kier molecular flexibility index (Phi) is 6.85. The van der Waals surface area contributed by atoms with Gasteiger partial charge in [-0.05, 0) is 31.0 Å². The fourth-order valence-corrected chi connectivity index (χ4v) is 2.60. The van der Waals surface area contributed by atoms with Crippen LogP contribution in [-0.2, 0) is 0 Å². The van der Waals surface area contributed by atoms with Crippen molar-refractivity contribution in [1.29, 1.82) is 0 Å². The molecule has 0 spiro atoms. The van der Waals surface area contributed by atoms with Crippen LogP contribution in [0, 0.1) is 11.7 Å². The van der Waals surface area contributed by atoms with Crippen molar-refractivity contribution in [3.05, 3.63) is 29.6 Å². The van der Waals surface area contributed by atoms with Crippen molar-refractivity contribution in [3.8, 4) is 5.75 Å². The van der Waals surface area contributed by atoms with Crippen molar-refractivity contribution in [3.63, 3.8) is 0 Å². The van der Waals surface area contributed by atoms with Crippen LogP contribution < -0.4 is 10.1 Å². The second kappa shape index (κ2) is 8.16. The van der Waals surface area contributed by atoms with E-state index in [0.29, 0.717) is 17.2 Å². The van der Waals surface area contributed by atoms with Crippen LogP contribution in [-0.4, -0.2) is 13.7 Å². The number of methoxy groups -OCH3 is 1. The molecule has 0 heterocycles. The lowest BCUT2D eigenvalue weighted by atomic mass is 9.92. The van der Waals surface area contributed by atoms with Crippen molar-refractivity contribution in [2.24, 2.45) is 5.92 Å². The quantitative estimate of drug-likeness (QED) is 0.757. The number of ether oxygens (including phenoxy) is 1. The van der Waals surface area contributed by atoms with Crippen LogP contribution in [0.3, 0.4) is 0 Å². The molecule has 3 heteroatoms. The summed E-state index contributed by atoms with van der Waals surface area (Å²) in [7, 11) is 1.59. The summed E-state index contributed by atoms with van der Waals surface area (Å²) < 4.78 is 19.4. The third-order valence-corrected chi connectivity index (χ3v) is 3.45. The Morgan fingerprint density at radius 3 is 2.63 bits per heavy atom. The maximum absolute atomic E-state index is 14.1. The summed E-state index contributed by atoms with van der Waals surface area (Å²) in [6, 6.07) is 5.04. The van der Waals surface area contributed by atoms with Crippen LogP contribution in [0.4, 0.5) is 4.39 Å². The first-order valence-electron chi connectivity index (χ1n) is 7.19. The van der Waals surface area contributed by atoms with Crippen LogP contribution in [0.15, 0.2) is 18.2 Å². The van der Waals surface area contributed by atoms with Crippen molar-refractivity contribution in [1.82, 2.24) is 5.32 Å². The molecule has 19 heavy (non-hydrogen) atoms. The summed E-state index contributed by atoms with van der Waals surface area (Å²) in [5, 5.41) is 3.38. The minimum atomic E-state index is -0.186. The molecular formula is C16H26FNO. The van der Waals surface area contributed by atoms with Gasteiger partial charge in [0.25, 0.3) is 0 Å². The molecule has 0 bridgehead atoms. The van der Waals surface area contributed by atoms with Gasteiger partial charge in [0.1, 0.15) is 11.6 Å². The van der Waals surface area contributed by atoms with Gasteiger partial charge in [-0.1, -0.05) is 39.7 Å². The van der Waals surface area contributed by atoms with Gasteiger partial charge in [0, 0.05) is 11.6 Å². The predicted octanol–water partition coefficient (Wildman–Crippen LogP) is 4.31. The number of hydrogen-bond donors (Lipinski definition) is 1. The molecule has 1 aromatic carbocycles. The monoisotopic (exact) mass is 267 g/mol. The molecule has 0 aliphatic heterocycles. The van der Waals surface area contributed by atoms with E-state index in [9.17, 15) is 4.39 Å². The lowest BCUT2D eigenvalue weighted by Gasteiger charge is -2.24. The van der Waals surface area contributed by atoms with Crippen LogP contribution in [0.5, 0.6) is 5.75 Å². The molecule has 0 aromatic heterocycles. The first kappa shape index (κ1) is 16.0. The number of rotatable bonds is 8. The topological polar surface area (TPSA) is 21.3 Å². The highest BCUT2D eigenvalue weighted by atomic mass is 19.1. The van der Waals surface area contributed by atoms with E-state index in [-0.39, 0.29) is 11.9 Å². The van der Waals surface area contributed by atoms with Crippen molar-refractivity contribution in [2.75, 3.05) is 13.7 Å². The number of benzene rings is 1. The minimum absolute atomic E-state index is 0.0164. The number of nitrogens with one attached hydrogen (secondary N) is 1. The molecule has 0 amide bonds. The van der Waals surface area contributed by atoms with Gasteiger partial charge in [0.2, 0.25) is 0 Å². The minimum Gasteiger partial charge on any atom is -0.496 e. The molecule has 2 atom stereocenters.